The topological polar surface area (TPSA) is 178 Å². The summed E-state index contributed by atoms with van der Waals surface area (Å²) in [6, 6.07) is 0. The third-order valence-corrected chi connectivity index (χ3v) is 11.6. The second-order valence-electron chi connectivity index (χ2n) is 17.0. The van der Waals surface area contributed by atoms with Gasteiger partial charge in [0.05, 0.1) is 19.8 Å². The Labute approximate surface area is 383 Å². The smallest absolute Gasteiger partial charge is 0.397 e. The minimum absolute atomic E-state index is 0.0299. The Morgan fingerprint density at radius 2 is 1.08 bits per heavy atom. The molecule has 0 aromatic heterocycles. The summed E-state index contributed by atoms with van der Waals surface area (Å²) in [5.74, 6) is -0.412. The standard InChI is InChI=1S/C50H90O12S/c1-3-5-7-9-11-13-15-16-17-18-19-20-21-22-23-24-25-26-27-28-29-30-32-34-36-38-40-58-42-44(60-46(52)39-37-35-33-31-14-12-10-8-6-4-2)43-59-50-48(54)49(62-63(55,56)57)47(53)45(41-51)61-50/h8,10,15-16,18-19,21-22,44-45,47-51,53-54H,3-7,9,11-14,17,20,23-43H2,1-2H3,(H,55,56,57)/b10-8-,16-15-,19-18-,22-21-. The van der Waals surface area contributed by atoms with Crippen molar-refractivity contribution in [3.63, 3.8) is 0 Å². The first kappa shape index (κ1) is 59.1. The van der Waals surface area contributed by atoms with Gasteiger partial charge in [0, 0.05) is 13.0 Å². The van der Waals surface area contributed by atoms with Gasteiger partial charge in [0.1, 0.15) is 30.5 Å². The van der Waals surface area contributed by atoms with Crippen LogP contribution in [0.4, 0.5) is 0 Å². The van der Waals surface area contributed by atoms with Crippen molar-refractivity contribution < 1.29 is 56.2 Å². The predicted molar refractivity (Wildman–Crippen MR) is 253 cm³/mol. The van der Waals surface area contributed by atoms with Crippen molar-refractivity contribution in [2.24, 2.45) is 0 Å². The zero-order valence-corrected chi connectivity index (χ0v) is 40.2. The van der Waals surface area contributed by atoms with Crippen LogP contribution < -0.4 is 0 Å². The summed E-state index contributed by atoms with van der Waals surface area (Å²) < 4.78 is 59.1. The minimum atomic E-state index is -5.06. The Balaban J connectivity index is 2.28. The van der Waals surface area contributed by atoms with Gasteiger partial charge in [-0.3, -0.25) is 9.35 Å². The van der Waals surface area contributed by atoms with E-state index in [1.54, 1.807) is 0 Å². The van der Waals surface area contributed by atoms with E-state index < -0.39 is 59.8 Å². The molecule has 63 heavy (non-hydrogen) atoms. The van der Waals surface area contributed by atoms with Crippen LogP contribution in [0.2, 0.25) is 0 Å². The highest BCUT2D eigenvalue weighted by molar-refractivity contribution is 7.80. The number of aliphatic hydroxyl groups is 3. The average molecular weight is 915 g/mol. The van der Waals surface area contributed by atoms with Gasteiger partial charge in [-0.1, -0.05) is 172 Å². The summed E-state index contributed by atoms with van der Waals surface area (Å²) in [5.41, 5.74) is 0. The van der Waals surface area contributed by atoms with E-state index in [2.05, 4.69) is 66.6 Å². The molecule has 0 aromatic rings. The first-order valence-electron chi connectivity index (χ1n) is 24.9. The number of esters is 1. The zero-order valence-electron chi connectivity index (χ0n) is 39.4. The quantitative estimate of drug-likeness (QED) is 0.0197. The van der Waals surface area contributed by atoms with E-state index >= 15 is 0 Å². The van der Waals surface area contributed by atoms with Crippen molar-refractivity contribution in [1.82, 2.24) is 0 Å². The summed E-state index contributed by atoms with van der Waals surface area (Å²) in [5, 5.41) is 30.7. The Hall–Kier alpha value is -1.94. The molecule has 1 fully saturated rings. The van der Waals surface area contributed by atoms with Crippen molar-refractivity contribution in [3.8, 4) is 0 Å². The summed E-state index contributed by atoms with van der Waals surface area (Å²) in [7, 11) is -5.06. The van der Waals surface area contributed by atoms with E-state index in [1.807, 2.05) is 0 Å². The highest BCUT2D eigenvalue weighted by atomic mass is 32.3. The van der Waals surface area contributed by atoms with Crippen LogP contribution in [0, 0.1) is 0 Å². The molecule has 12 nitrogen and oxygen atoms in total. The van der Waals surface area contributed by atoms with Gasteiger partial charge in [0.25, 0.3) is 0 Å². The molecule has 0 aliphatic carbocycles. The van der Waals surface area contributed by atoms with Gasteiger partial charge in [-0.2, -0.15) is 8.42 Å². The maximum atomic E-state index is 12.8. The van der Waals surface area contributed by atoms with Crippen LogP contribution in [0.5, 0.6) is 0 Å². The maximum Gasteiger partial charge on any atom is 0.397 e. The second kappa shape index (κ2) is 41.5. The van der Waals surface area contributed by atoms with Crippen LogP contribution in [0.15, 0.2) is 48.6 Å². The molecule has 0 spiro atoms. The highest BCUT2D eigenvalue weighted by Crippen LogP contribution is 2.26. The molecule has 368 valence electrons. The molecule has 0 saturated carbocycles. The second-order valence-corrected chi connectivity index (χ2v) is 18.1. The van der Waals surface area contributed by atoms with Gasteiger partial charge in [-0.25, -0.2) is 4.18 Å². The monoisotopic (exact) mass is 915 g/mol. The first-order chi connectivity index (χ1) is 30.6. The molecule has 6 atom stereocenters. The number of rotatable bonds is 43. The Morgan fingerprint density at radius 1 is 0.603 bits per heavy atom. The molecule has 1 aliphatic rings. The molecule has 0 amide bonds. The van der Waals surface area contributed by atoms with E-state index in [0.717, 1.165) is 77.0 Å². The Kier molecular flexibility index (Phi) is 38.9. The normalized spacial score (nSPS) is 20.3. The summed E-state index contributed by atoms with van der Waals surface area (Å²) in [6.07, 6.45) is 41.7. The molecule has 0 bridgehead atoms. The molecule has 1 rings (SSSR count). The first-order valence-corrected chi connectivity index (χ1v) is 26.3. The number of hydrogen-bond donors (Lipinski definition) is 4. The summed E-state index contributed by atoms with van der Waals surface area (Å²) in [6.45, 7) is 3.90. The molecule has 1 aliphatic heterocycles. The molecule has 13 heteroatoms. The zero-order chi connectivity index (χ0) is 46.1. The lowest BCUT2D eigenvalue weighted by Gasteiger charge is -2.41. The largest absolute Gasteiger partial charge is 0.457 e. The molecular weight excluding hydrogens is 825 g/mol. The van der Waals surface area contributed by atoms with Crippen molar-refractivity contribution in [2.45, 2.75) is 237 Å². The Bertz CT molecular complexity index is 1290. The number of allylic oxidation sites excluding steroid dienone is 8. The van der Waals surface area contributed by atoms with Gasteiger partial charge >= 0.3 is 16.4 Å². The van der Waals surface area contributed by atoms with Crippen LogP contribution >= 0.6 is 0 Å². The SMILES string of the molecule is CCC/C=C\CCCCCCCC(=O)OC(COCCCCCCCCCCCCC/C=C\C/C=C\C/C=C\CCCCCCC)COC1OC(CO)C(O)C(OS(=O)(=O)O)C1O. The van der Waals surface area contributed by atoms with E-state index in [4.69, 9.17) is 23.5 Å². The van der Waals surface area contributed by atoms with Crippen LogP contribution in [0.25, 0.3) is 0 Å². The van der Waals surface area contributed by atoms with E-state index in [1.165, 1.54) is 96.3 Å². The van der Waals surface area contributed by atoms with Crippen molar-refractivity contribution in [3.05, 3.63) is 48.6 Å². The van der Waals surface area contributed by atoms with Crippen LogP contribution in [-0.4, -0.2) is 97.5 Å². The minimum Gasteiger partial charge on any atom is -0.457 e. The van der Waals surface area contributed by atoms with Gasteiger partial charge in [0.2, 0.25) is 0 Å². The van der Waals surface area contributed by atoms with Crippen molar-refractivity contribution >= 4 is 16.4 Å². The van der Waals surface area contributed by atoms with Gasteiger partial charge in [-0.15, -0.1) is 0 Å². The van der Waals surface area contributed by atoms with Crippen molar-refractivity contribution in [2.75, 3.05) is 26.4 Å². The van der Waals surface area contributed by atoms with E-state index in [0.29, 0.717) is 13.0 Å². The number of ether oxygens (including phenoxy) is 4. The fourth-order valence-corrected chi connectivity index (χ4v) is 7.90. The Morgan fingerprint density at radius 3 is 1.60 bits per heavy atom. The molecule has 6 unspecified atom stereocenters. The lowest BCUT2D eigenvalue weighted by Crippen LogP contribution is -2.60. The molecule has 1 heterocycles. The molecule has 0 aromatic carbocycles. The molecular formula is C50H90O12S. The number of unbranched alkanes of at least 4 members (excludes halogenated alkanes) is 22. The highest BCUT2D eigenvalue weighted by Gasteiger charge is 2.48. The molecule has 1 saturated heterocycles. The van der Waals surface area contributed by atoms with Crippen LogP contribution in [0.1, 0.15) is 200 Å². The van der Waals surface area contributed by atoms with Crippen LogP contribution in [-0.2, 0) is 38.3 Å². The third-order valence-electron chi connectivity index (χ3n) is 11.2. The molecule has 4 N–H and O–H groups in total. The summed E-state index contributed by atoms with van der Waals surface area (Å²) in [4.78, 5) is 12.8. The average Bonchev–Trinajstić information content (AvgIpc) is 3.26. The van der Waals surface area contributed by atoms with Gasteiger partial charge in [-0.05, 0) is 70.6 Å². The summed E-state index contributed by atoms with van der Waals surface area (Å²) >= 11 is 0. The number of hydrogen-bond acceptors (Lipinski definition) is 11. The lowest BCUT2D eigenvalue weighted by molar-refractivity contribution is -0.301. The number of aliphatic hydroxyl groups excluding tert-OH is 3. The van der Waals surface area contributed by atoms with Crippen LogP contribution in [0.3, 0.4) is 0 Å². The lowest BCUT2D eigenvalue weighted by atomic mass is 9.99. The number of carbonyl (C=O) groups excluding carboxylic acids is 1. The fraction of sp³-hybridized carbons (Fsp3) is 0.820. The molecule has 0 radical (unpaired) electrons. The van der Waals surface area contributed by atoms with E-state index in [9.17, 15) is 28.5 Å². The third kappa shape index (κ3) is 35.0. The van der Waals surface area contributed by atoms with Gasteiger partial charge < -0.3 is 34.3 Å². The number of carbonyl (C=O) groups is 1. The maximum absolute atomic E-state index is 12.8. The van der Waals surface area contributed by atoms with Gasteiger partial charge in [0.15, 0.2) is 6.29 Å². The van der Waals surface area contributed by atoms with Crippen molar-refractivity contribution in [1.29, 1.82) is 0 Å². The fourth-order valence-electron chi connectivity index (χ4n) is 7.39. The van der Waals surface area contributed by atoms with E-state index in [-0.39, 0.29) is 19.6 Å². The predicted octanol–water partition coefficient (Wildman–Crippen LogP) is 11.1.